The van der Waals surface area contributed by atoms with E-state index in [0.717, 1.165) is 39.1 Å². The van der Waals surface area contributed by atoms with E-state index in [2.05, 4.69) is 17.1 Å². The molecule has 0 spiro atoms. The summed E-state index contributed by atoms with van der Waals surface area (Å²) in [6.07, 6.45) is 3.47. The predicted octanol–water partition coefficient (Wildman–Crippen LogP) is 1.03. The fraction of sp³-hybridized carbons (Fsp3) is 0.929. The second-order valence-electron chi connectivity index (χ2n) is 4.91. The zero-order valence-corrected chi connectivity index (χ0v) is 12.5. The molecule has 19 heavy (non-hydrogen) atoms. The molecular formula is C14H28N2O3. The van der Waals surface area contributed by atoms with Crippen LogP contribution in [0.15, 0.2) is 0 Å². The lowest BCUT2D eigenvalue weighted by molar-refractivity contribution is -0.145. The Bertz CT molecular complexity index is 255. The number of esters is 1. The van der Waals surface area contributed by atoms with E-state index in [-0.39, 0.29) is 12.0 Å². The molecule has 5 nitrogen and oxygen atoms in total. The summed E-state index contributed by atoms with van der Waals surface area (Å²) >= 11 is 0. The van der Waals surface area contributed by atoms with Crippen LogP contribution in [0, 0.1) is 0 Å². The topological polar surface area (TPSA) is 50.8 Å². The zero-order chi connectivity index (χ0) is 14.1. The first kappa shape index (κ1) is 16.4. The quantitative estimate of drug-likeness (QED) is 0.635. The van der Waals surface area contributed by atoms with Crippen LogP contribution in [0.3, 0.4) is 0 Å². The van der Waals surface area contributed by atoms with E-state index in [4.69, 9.17) is 9.47 Å². The van der Waals surface area contributed by atoms with Crippen molar-refractivity contribution in [3.05, 3.63) is 0 Å². The molecule has 1 N–H and O–H groups in total. The van der Waals surface area contributed by atoms with Gasteiger partial charge in [0.25, 0.3) is 0 Å². The van der Waals surface area contributed by atoms with Crippen LogP contribution in [0.1, 0.15) is 33.1 Å². The second-order valence-corrected chi connectivity index (χ2v) is 4.91. The highest BCUT2D eigenvalue weighted by molar-refractivity contribution is 5.75. The van der Waals surface area contributed by atoms with E-state index in [1.54, 1.807) is 7.05 Å². The largest absolute Gasteiger partial charge is 0.465 e. The van der Waals surface area contributed by atoms with Crippen LogP contribution < -0.4 is 5.32 Å². The Kier molecular flexibility index (Phi) is 8.02. The average molecular weight is 272 g/mol. The molecular weight excluding hydrogens is 244 g/mol. The minimum absolute atomic E-state index is 0.154. The van der Waals surface area contributed by atoms with Gasteiger partial charge in [0.15, 0.2) is 0 Å². The number of nitrogens with one attached hydrogen (secondary N) is 1. The van der Waals surface area contributed by atoms with Crippen LogP contribution in [0.2, 0.25) is 0 Å². The molecule has 0 saturated carbocycles. The van der Waals surface area contributed by atoms with Crippen LogP contribution in [0.4, 0.5) is 0 Å². The van der Waals surface area contributed by atoms with E-state index < -0.39 is 0 Å². The van der Waals surface area contributed by atoms with Gasteiger partial charge in [-0.2, -0.15) is 0 Å². The standard InChI is InChI=1S/C14H28N2O3/c1-4-16(11-12-7-6-10-19-12)9-8-13(15-3)14(17)18-5-2/h12-13,15H,4-11H2,1-3H3. The Hall–Kier alpha value is -0.650. The normalized spacial score (nSPS) is 20.7. The third-order valence-electron chi connectivity index (χ3n) is 3.59. The van der Waals surface area contributed by atoms with E-state index >= 15 is 0 Å². The SMILES string of the molecule is CCOC(=O)C(CCN(CC)CC1CCCO1)NC. The summed E-state index contributed by atoms with van der Waals surface area (Å²) in [5.41, 5.74) is 0. The first-order valence-electron chi connectivity index (χ1n) is 7.39. The lowest BCUT2D eigenvalue weighted by Gasteiger charge is -2.25. The van der Waals surface area contributed by atoms with Crippen molar-refractivity contribution >= 4 is 5.97 Å². The van der Waals surface area contributed by atoms with Crippen molar-refractivity contribution in [2.24, 2.45) is 0 Å². The average Bonchev–Trinajstić information content (AvgIpc) is 2.91. The molecule has 1 fully saturated rings. The second kappa shape index (κ2) is 9.28. The van der Waals surface area contributed by atoms with Crippen LogP contribution in [0.25, 0.3) is 0 Å². The third-order valence-corrected chi connectivity index (χ3v) is 3.59. The van der Waals surface area contributed by atoms with Gasteiger partial charge < -0.3 is 19.7 Å². The van der Waals surface area contributed by atoms with E-state index in [0.29, 0.717) is 12.7 Å². The lowest BCUT2D eigenvalue weighted by Crippen LogP contribution is -2.40. The number of nitrogens with zero attached hydrogens (tertiary/aromatic N) is 1. The first-order valence-corrected chi connectivity index (χ1v) is 7.39. The number of hydrogen-bond donors (Lipinski definition) is 1. The monoisotopic (exact) mass is 272 g/mol. The molecule has 112 valence electrons. The molecule has 1 heterocycles. The summed E-state index contributed by atoms with van der Waals surface area (Å²) in [6, 6.07) is -0.210. The van der Waals surface area contributed by atoms with Crippen molar-refractivity contribution in [2.45, 2.75) is 45.3 Å². The number of carbonyl (C=O) groups excluding carboxylic acids is 1. The van der Waals surface area contributed by atoms with Crippen molar-refractivity contribution in [3.8, 4) is 0 Å². The first-order chi connectivity index (χ1) is 9.21. The fourth-order valence-corrected chi connectivity index (χ4v) is 2.39. The Morgan fingerprint density at radius 3 is 2.84 bits per heavy atom. The summed E-state index contributed by atoms with van der Waals surface area (Å²) in [5.74, 6) is -0.154. The van der Waals surface area contributed by atoms with Gasteiger partial charge in [-0.25, -0.2) is 0 Å². The molecule has 0 amide bonds. The maximum absolute atomic E-state index is 11.7. The van der Waals surface area contributed by atoms with Crippen LogP contribution in [-0.2, 0) is 14.3 Å². The molecule has 2 atom stereocenters. The van der Waals surface area contributed by atoms with Gasteiger partial charge in [-0.05, 0) is 39.8 Å². The van der Waals surface area contributed by atoms with Crippen molar-refractivity contribution in [1.29, 1.82) is 0 Å². The van der Waals surface area contributed by atoms with Gasteiger partial charge >= 0.3 is 5.97 Å². The van der Waals surface area contributed by atoms with Crippen LogP contribution >= 0.6 is 0 Å². The van der Waals surface area contributed by atoms with Gasteiger partial charge in [-0.3, -0.25) is 4.79 Å². The van der Waals surface area contributed by atoms with E-state index in [9.17, 15) is 4.79 Å². The lowest BCUT2D eigenvalue weighted by atomic mass is 10.2. The number of hydrogen-bond acceptors (Lipinski definition) is 5. The van der Waals surface area contributed by atoms with Gasteiger partial charge in [0, 0.05) is 19.7 Å². The molecule has 0 bridgehead atoms. The van der Waals surface area contributed by atoms with Crippen molar-refractivity contribution in [3.63, 3.8) is 0 Å². The Labute approximate surface area is 116 Å². The zero-order valence-electron chi connectivity index (χ0n) is 12.5. The molecule has 1 saturated heterocycles. The Morgan fingerprint density at radius 1 is 1.53 bits per heavy atom. The summed E-state index contributed by atoms with van der Waals surface area (Å²) in [4.78, 5) is 14.0. The highest BCUT2D eigenvalue weighted by Crippen LogP contribution is 2.13. The number of carbonyl (C=O) groups is 1. The Morgan fingerprint density at radius 2 is 2.32 bits per heavy atom. The summed E-state index contributed by atoms with van der Waals surface area (Å²) < 4.78 is 10.7. The third kappa shape index (κ3) is 5.89. The summed E-state index contributed by atoms with van der Waals surface area (Å²) in [6.45, 7) is 8.15. The molecule has 0 aliphatic carbocycles. The molecule has 0 radical (unpaired) electrons. The van der Waals surface area contributed by atoms with Gasteiger partial charge in [0.1, 0.15) is 6.04 Å². The summed E-state index contributed by atoms with van der Waals surface area (Å²) in [5, 5.41) is 3.03. The highest BCUT2D eigenvalue weighted by Gasteiger charge is 2.21. The van der Waals surface area contributed by atoms with Crippen molar-refractivity contribution in [2.75, 3.05) is 39.9 Å². The predicted molar refractivity (Wildman–Crippen MR) is 75.2 cm³/mol. The number of rotatable bonds is 9. The molecule has 1 aliphatic rings. The molecule has 0 aromatic rings. The molecule has 2 unspecified atom stereocenters. The molecule has 5 heteroatoms. The minimum atomic E-state index is -0.210. The van der Waals surface area contributed by atoms with Gasteiger partial charge in [0.05, 0.1) is 12.7 Å². The minimum Gasteiger partial charge on any atom is -0.465 e. The van der Waals surface area contributed by atoms with Crippen molar-refractivity contribution in [1.82, 2.24) is 10.2 Å². The number of ether oxygens (including phenoxy) is 2. The molecule has 1 rings (SSSR count). The van der Waals surface area contributed by atoms with Gasteiger partial charge in [0.2, 0.25) is 0 Å². The van der Waals surface area contributed by atoms with Gasteiger partial charge in [-0.15, -0.1) is 0 Å². The fourth-order valence-electron chi connectivity index (χ4n) is 2.39. The van der Waals surface area contributed by atoms with Gasteiger partial charge in [-0.1, -0.05) is 6.92 Å². The highest BCUT2D eigenvalue weighted by atomic mass is 16.5. The summed E-state index contributed by atoms with van der Waals surface area (Å²) in [7, 11) is 1.80. The van der Waals surface area contributed by atoms with Crippen LogP contribution in [-0.4, -0.2) is 62.9 Å². The maximum atomic E-state index is 11.7. The van der Waals surface area contributed by atoms with E-state index in [1.807, 2.05) is 6.92 Å². The maximum Gasteiger partial charge on any atom is 0.323 e. The van der Waals surface area contributed by atoms with Crippen LogP contribution in [0.5, 0.6) is 0 Å². The molecule has 1 aliphatic heterocycles. The van der Waals surface area contributed by atoms with Crippen molar-refractivity contribution < 1.29 is 14.3 Å². The number of likely N-dealkylation sites (N-methyl/N-ethyl adjacent to an activating group) is 2. The molecule has 0 aromatic heterocycles. The Balaban J connectivity index is 2.31. The molecule has 0 aromatic carbocycles. The smallest absolute Gasteiger partial charge is 0.323 e. The van der Waals surface area contributed by atoms with E-state index in [1.165, 1.54) is 6.42 Å².